The summed E-state index contributed by atoms with van der Waals surface area (Å²) >= 11 is 0. The van der Waals surface area contributed by atoms with Gasteiger partial charge in [0, 0.05) is 11.0 Å². The number of ether oxygens (including phenoxy) is 4. The van der Waals surface area contributed by atoms with Crippen molar-refractivity contribution in [1.82, 2.24) is 0 Å². The van der Waals surface area contributed by atoms with Crippen LogP contribution < -0.4 is 4.74 Å². The molecule has 0 bridgehead atoms. The van der Waals surface area contributed by atoms with E-state index in [4.69, 9.17) is 24.1 Å². The minimum absolute atomic E-state index is 0.0265. The van der Waals surface area contributed by atoms with Gasteiger partial charge in [-0.05, 0) is 24.3 Å². The molecule has 0 aliphatic heterocycles. The lowest BCUT2D eigenvalue weighted by Crippen LogP contribution is -2.20. The van der Waals surface area contributed by atoms with Crippen LogP contribution in [0.1, 0.15) is 31.1 Å². The molecule has 0 aromatic heterocycles. The van der Waals surface area contributed by atoms with Crippen molar-refractivity contribution in [3.05, 3.63) is 29.8 Å². The number of carbonyl (C=O) groups excluding carboxylic acids is 1. The Morgan fingerprint density at radius 2 is 1.32 bits per heavy atom. The van der Waals surface area contributed by atoms with E-state index < -0.39 is 0 Å². The number of carbonyl (C=O) groups is 1. The number of rotatable bonds is 13. The highest BCUT2D eigenvalue weighted by Gasteiger charge is 2.22. The maximum Gasteiger partial charge on any atom is 0.168 e. The van der Waals surface area contributed by atoms with Crippen LogP contribution in [0.3, 0.4) is 0 Å². The molecule has 0 aliphatic carbocycles. The van der Waals surface area contributed by atoms with Gasteiger partial charge in [-0.1, -0.05) is 20.8 Å². The van der Waals surface area contributed by atoms with Gasteiger partial charge in [0.15, 0.2) is 5.78 Å². The molecule has 0 spiro atoms. The van der Waals surface area contributed by atoms with Crippen molar-refractivity contribution in [3.63, 3.8) is 0 Å². The van der Waals surface area contributed by atoms with E-state index >= 15 is 0 Å². The van der Waals surface area contributed by atoms with Crippen molar-refractivity contribution >= 4 is 5.78 Å². The van der Waals surface area contributed by atoms with Crippen LogP contribution in [0, 0.1) is 5.41 Å². The Kier molecular flexibility index (Phi) is 10.3. The van der Waals surface area contributed by atoms with Crippen molar-refractivity contribution in [3.8, 4) is 5.75 Å². The van der Waals surface area contributed by atoms with Gasteiger partial charge in [-0.25, -0.2) is 0 Å². The van der Waals surface area contributed by atoms with E-state index in [0.717, 1.165) is 0 Å². The maximum absolute atomic E-state index is 12.1. The van der Waals surface area contributed by atoms with Gasteiger partial charge >= 0.3 is 0 Å². The topological polar surface area (TPSA) is 74.2 Å². The highest BCUT2D eigenvalue weighted by atomic mass is 16.6. The van der Waals surface area contributed by atoms with Crippen molar-refractivity contribution in [2.75, 3.05) is 52.9 Å². The molecule has 0 radical (unpaired) electrons. The van der Waals surface area contributed by atoms with Crippen molar-refractivity contribution in [1.29, 1.82) is 0 Å². The zero-order valence-corrected chi connectivity index (χ0v) is 15.5. The lowest BCUT2D eigenvalue weighted by molar-refractivity contribution is 0.00361. The summed E-state index contributed by atoms with van der Waals surface area (Å²) in [7, 11) is 0. The van der Waals surface area contributed by atoms with Crippen LogP contribution in [-0.2, 0) is 14.2 Å². The monoisotopic (exact) mass is 354 g/mol. The van der Waals surface area contributed by atoms with Gasteiger partial charge < -0.3 is 24.1 Å². The minimum Gasteiger partial charge on any atom is -0.491 e. The summed E-state index contributed by atoms with van der Waals surface area (Å²) in [5.41, 5.74) is 0.305. The van der Waals surface area contributed by atoms with Gasteiger partial charge in [0.2, 0.25) is 0 Å². The molecule has 0 aliphatic rings. The fourth-order valence-corrected chi connectivity index (χ4v) is 1.96. The second-order valence-electron chi connectivity index (χ2n) is 6.51. The van der Waals surface area contributed by atoms with Gasteiger partial charge in [-0.3, -0.25) is 4.79 Å². The number of Topliss-reactive ketones (excluding diaryl/α,β-unsaturated/α-hetero) is 1. The molecule has 0 heterocycles. The summed E-state index contributed by atoms with van der Waals surface area (Å²) in [6, 6.07) is 7.18. The maximum atomic E-state index is 12.1. The predicted octanol–water partition coefficient (Wildman–Crippen LogP) is 2.34. The first-order chi connectivity index (χ1) is 11.9. The van der Waals surface area contributed by atoms with Crippen LogP contribution in [0.5, 0.6) is 5.75 Å². The van der Waals surface area contributed by atoms with E-state index in [9.17, 15) is 4.79 Å². The molecule has 1 N–H and O–H groups in total. The van der Waals surface area contributed by atoms with Gasteiger partial charge in [-0.2, -0.15) is 0 Å². The van der Waals surface area contributed by atoms with Crippen molar-refractivity contribution in [2.24, 2.45) is 5.41 Å². The van der Waals surface area contributed by atoms with E-state index in [2.05, 4.69) is 0 Å². The molecular weight excluding hydrogens is 324 g/mol. The number of benzene rings is 1. The summed E-state index contributed by atoms with van der Waals surface area (Å²) in [6.45, 7) is 8.92. The van der Waals surface area contributed by atoms with Crippen LogP contribution >= 0.6 is 0 Å². The lowest BCUT2D eigenvalue weighted by atomic mass is 9.86. The highest BCUT2D eigenvalue weighted by Crippen LogP contribution is 2.22. The number of hydrogen-bond acceptors (Lipinski definition) is 6. The largest absolute Gasteiger partial charge is 0.491 e. The molecular formula is C19H30O6. The van der Waals surface area contributed by atoms with Crippen molar-refractivity contribution < 1.29 is 28.8 Å². The molecule has 0 unspecified atom stereocenters. The predicted molar refractivity (Wildman–Crippen MR) is 95.3 cm³/mol. The Labute approximate surface area is 150 Å². The molecule has 1 rings (SSSR count). The third kappa shape index (κ3) is 9.55. The molecule has 0 saturated carbocycles. The Hall–Kier alpha value is -1.47. The Morgan fingerprint density at radius 3 is 1.80 bits per heavy atom. The van der Waals surface area contributed by atoms with E-state index in [1.807, 2.05) is 20.8 Å². The average Bonchev–Trinajstić information content (AvgIpc) is 2.59. The summed E-state index contributed by atoms with van der Waals surface area (Å²) in [5, 5.41) is 8.53. The molecule has 0 amide bonds. The summed E-state index contributed by atoms with van der Waals surface area (Å²) in [5.74, 6) is 0.829. The van der Waals surface area contributed by atoms with Crippen LogP contribution in [0.4, 0.5) is 0 Å². The molecule has 6 nitrogen and oxygen atoms in total. The zero-order valence-electron chi connectivity index (χ0n) is 15.5. The molecule has 6 heteroatoms. The quantitative estimate of drug-likeness (QED) is 0.433. The number of aliphatic hydroxyl groups is 1. The first-order valence-corrected chi connectivity index (χ1v) is 8.57. The van der Waals surface area contributed by atoms with Crippen molar-refractivity contribution in [2.45, 2.75) is 20.8 Å². The molecule has 1 aromatic rings. The second kappa shape index (κ2) is 12.0. The highest BCUT2D eigenvalue weighted by molar-refractivity contribution is 5.99. The molecule has 0 atom stereocenters. The minimum atomic E-state index is -0.386. The standard InChI is InChI=1S/C19H30O6/c1-19(2,3)18(21)16-4-6-17(7-5-16)25-15-14-24-13-12-23-11-10-22-9-8-20/h4-7,20H,8-15H2,1-3H3. The van der Waals surface area contributed by atoms with E-state index in [0.29, 0.717) is 57.6 Å². The van der Waals surface area contributed by atoms with Gasteiger partial charge in [0.1, 0.15) is 12.4 Å². The average molecular weight is 354 g/mol. The van der Waals surface area contributed by atoms with Gasteiger partial charge in [0.25, 0.3) is 0 Å². The first kappa shape index (κ1) is 21.6. The normalized spacial score (nSPS) is 11.5. The van der Waals surface area contributed by atoms with Crippen LogP contribution in [0.2, 0.25) is 0 Å². The first-order valence-electron chi connectivity index (χ1n) is 8.57. The number of hydrogen-bond donors (Lipinski definition) is 1. The SMILES string of the molecule is CC(C)(C)C(=O)c1ccc(OCCOCCOCCOCCO)cc1. The summed E-state index contributed by atoms with van der Waals surface area (Å²) in [6.07, 6.45) is 0. The lowest BCUT2D eigenvalue weighted by Gasteiger charge is -2.16. The van der Waals surface area contributed by atoms with Crippen LogP contribution in [0.25, 0.3) is 0 Å². The van der Waals surface area contributed by atoms with E-state index in [-0.39, 0.29) is 17.8 Å². The third-order valence-electron chi connectivity index (χ3n) is 3.27. The Bertz CT molecular complexity index is 478. The van der Waals surface area contributed by atoms with Gasteiger partial charge in [-0.15, -0.1) is 0 Å². The number of ketones is 1. The zero-order chi connectivity index (χ0) is 18.5. The molecule has 142 valence electrons. The second-order valence-corrected chi connectivity index (χ2v) is 6.51. The Balaban J connectivity index is 2.08. The fraction of sp³-hybridized carbons (Fsp3) is 0.632. The van der Waals surface area contributed by atoms with E-state index in [1.165, 1.54) is 0 Å². The fourth-order valence-electron chi connectivity index (χ4n) is 1.96. The van der Waals surface area contributed by atoms with E-state index in [1.54, 1.807) is 24.3 Å². The molecule has 0 saturated heterocycles. The summed E-state index contributed by atoms with van der Waals surface area (Å²) < 4.78 is 21.3. The summed E-state index contributed by atoms with van der Waals surface area (Å²) in [4.78, 5) is 12.1. The van der Waals surface area contributed by atoms with Gasteiger partial charge in [0.05, 0.1) is 46.2 Å². The molecule has 1 aromatic carbocycles. The Morgan fingerprint density at radius 1 is 0.840 bits per heavy atom. The van der Waals surface area contributed by atoms with Crippen LogP contribution in [-0.4, -0.2) is 63.7 Å². The van der Waals surface area contributed by atoms with Crippen LogP contribution in [0.15, 0.2) is 24.3 Å². The molecule has 25 heavy (non-hydrogen) atoms. The number of aliphatic hydroxyl groups excluding tert-OH is 1. The third-order valence-corrected chi connectivity index (χ3v) is 3.27. The smallest absolute Gasteiger partial charge is 0.168 e. The molecule has 0 fully saturated rings.